The van der Waals surface area contributed by atoms with Gasteiger partial charge < -0.3 is 9.73 Å². The quantitative estimate of drug-likeness (QED) is 0.827. The lowest BCUT2D eigenvalue weighted by Crippen LogP contribution is -1.99. The van der Waals surface area contributed by atoms with Crippen LogP contribution < -0.4 is 5.32 Å². The summed E-state index contributed by atoms with van der Waals surface area (Å²) in [6, 6.07) is 7.36. The average molecular weight is 298 g/mol. The minimum Gasteiger partial charge on any atom is -0.414 e. The first-order valence-corrected chi connectivity index (χ1v) is 6.94. The van der Waals surface area contributed by atoms with Crippen molar-refractivity contribution < 1.29 is 9.21 Å². The van der Waals surface area contributed by atoms with Crippen LogP contribution >= 0.6 is 23.4 Å². The van der Waals surface area contributed by atoms with Crippen molar-refractivity contribution in [1.82, 2.24) is 10.2 Å². The Kier molecular flexibility index (Phi) is 4.81. The molecule has 0 unspecified atom stereocenters. The van der Waals surface area contributed by atoms with Crippen LogP contribution in [-0.2, 0) is 11.3 Å². The molecule has 100 valence electrons. The Morgan fingerprint density at radius 2 is 2.32 bits per heavy atom. The van der Waals surface area contributed by atoms with Crippen molar-refractivity contribution >= 4 is 34.8 Å². The third-order valence-electron chi connectivity index (χ3n) is 2.12. The summed E-state index contributed by atoms with van der Waals surface area (Å²) in [5.74, 6) is 0.872. The van der Waals surface area contributed by atoms with Crippen LogP contribution in [-0.4, -0.2) is 21.7 Å². The fraction of sp³-hybridized carbons (Fsp3) is 0.250. The standard InChI is InChI=1S/C12H12ClN3O2S/c1-8(17)7-19-12-16-15-11(18-12)6-14-10-4-2-3-9(13)5-10/h2-5,14H,6-7H2,1H3. The molecule has 1 aromatic heterocycles. The Bertz CT molecular complexity index is 574. The number of carbonyl (C=O) groups excluding carboxylic acids is 1. The number of aromatic nitrogens is 2. The molecular formula is C12H12ClN3O2S. The molecule has 5 nitrogen and oxygen atoms in total. The van der Waals surface area contributed by atoms with Crippen molar-refractivity contribution in [1.29, 1.82) is 0 Å². The molecule has 0 aliphatic carbocycles. The summed E-state index contributed by atoms with van der Waals surface area (Å²) in [7, 11) is 0. The van der Waals surface area contributed by atoms with Gasteiger partial charge in [0, 0.05) is 10.7 Å². The largest absolute Gasteiger partial charge is 0.414 e. The molecule has 1 aromatic carbocycles. The van der Waals surface area contributed by atoms with Crippen LogP contribution in [0.1, 0.15) is 12.8 Å². The smallest absolute Gasteiger partial charge is 0.277 e. The Hall–Kier alpha value is -1.53. The molecule has 0 aliphatic rings. The number of thioether (sulfide) groups is 1. The number of hydrogen-bond acceptors (Lipinski definition) is 6. The van der Waals surface area contributed by atoms with Gasteiger partial charge in [0.1, 0.15) is 5.78 Å². The molecular weight excluding hydrogens is 286 g/mol. The van der Waals surface area contributed by atoms with Crippen molar-refractivity contribution in [3.8, 4) is 0 Å². The van der Waals surface area contributed by atoms with Gasteiger partial charge >= 0.3 is 0 Å². The average Bonchev–Trinajstić information content (AvgIpc) is 2.82. The van der Waals surface area contributed by atoms with Gasteiger partial charge in [-0.25, -0.2) is 0 Å². The fourth-order valence-electron chi connectivity index (χ4n) is 1.31. The Morgan fingerprint density at radius 1 is 1.47 bits per heavy atom. The molecule has 2 aromatic rings. The maximum atomic E-state index is 10.8. The summed E-state index contributed by atoms with van der Waals surface area (Å²) in [6.45, 7) is 1.93. The number of rotatable bonds is 6. The summed E-state index contributed by atoms with van der Waals surface area (Å²) in [4.78, 5) is 10.8. The minimum absolute atomic E-state index is 0.0711. The lowest BCUT2D eigenvalue weighted by molar-refractivity contribution is -0.114. The Labute approximate surface area is 119 Å². The fourth-order valence-corrected chi connectivity index (χ4v) is 2.08. The second kappa shape index (κ2) is 6.58. The maximum absolute atomic E-state index is 10.8. The van der Waals surface area contributed by atoms with Crippen LogP contribution in [0.3, 0.4) is 0 Å². The zero-order valence-corrected chi connectivity index (χ0v) is 11.8. The van der Waals surface area contributed by atoms with Gasteiger partial charge in [-0.1, -0.05) is 29.4 Å². The topological polar surface area (TPSA) is 68.0 Å². The van der Waals surface area contributed by atoms with E-state index in [1.165, 1.54) is 18.7 Å². The van der Waals surface area contributed by atoms with Gasteiger partial charge in [-0.2, -0.15) is 0 Å². The highest BCUT2D eigenvalue weighted by molar-refractivity contribution is 7.99. The third-order valence-corrected chi connectivity index (χ3v) is 3.31. The van der Waals surface area contributed by atoms with E-state index in [-0.39, 0.29) is 5.78 Å². The molecule has 1 heterocycles. The normalized spacial score (nSPS) is 10.4. The molecule has 0 saturated heterocycles. The summed E-state index contributed by atoms with van der Waals surface area (Å²) in [6.07, 6.45) is 0. The van der Waals surface area contributed by atoms with E-state index >= 15 is 0 Å². The zero-order chi connectivity index (χ0) is 13.7. The van der Waals surface area contributed by atoms with E-state index in [9.17, 15) is 4.79 Å². The molecule has 2 rings (SSSR count). The maximum Gasteiger partial charge on any atom is 0.277 e. The number of hydrogen-bond donors (Lipinski definition) is 1. The van der Waals surface area contributed by atoms with E-state index in [1.54, 1.807) is 6.07 Å². The van der Waals surface area contributed by atoms with Crippen molar-refractivity contribution in [2.24, 2.45) is 0 Å². The summed E-state index contributed by atoms with van der Waals surface area (Å²) in [5, 5.41) is 11.9. The van der Waals surface area contributed by atoms with Crippen molar-refractivity contribution in [3.63, 3.8) is 0 Å². The van der Waals surface area contributed by atoms with Crippen LogP contribution in [0.5, 0.6) is 0 Å². The van der Waals surface area contributed by atoms with Crippen molar-refractivity contribution in [2.75, 3.05) is 11.1 Å². The Morgan fingerprint density at radius 3 is 3.05 bits per heavy atom. The predicted octanol–water partition coefficient (Wildman–Crippen LogP) is 3.02. The van der Waals surface area contributed by atoms with Gasteiger partial charge in [0.15, 0.2) is 0 Å². The van der Waals surface area contributed by atoms with Crippen LogP contribution in [0.4, 0.5) is 5.69 Å². The van der Waals surface area contributed by atoms with Crippen molar-refractivity contribution in [2.45, 2.75) is 18.7 Å². The third kappa shape index (κ3) is 4.57. The van der Waals surface area contributed by atoms with Gasteiger partial charge in [-0.05, 0) is 25.1 Å². The lowest BCUT2D eigenvalue weighted by Gasteiger charge is -2.02. The van der Waals surface area contributed by atoms with E-state index in [0.29, 0.717) is 28.4 Å². The number of nitrogens with one attached hydrogen (secondary N) is 1. The molecule has 19 heavy (non-hydrogen) atoms. The highest BCUT2D eigenvalue weighted by Crippen LogP contribution is 2.18. The SMILES string of the molecule is CC(=O)CSc1nnc(CNc2cccc(Cl)c2)o1. The summed E-state index contributed by atoms with van der Waals surface area (Å²) < 4.78 is 5.38. The Balaban J connectivity index is 1.88. The minimum atomic E-state index is 0.0711. The molecule has 0 atom stereocenters. The number of ketones is 1. The number of carbonyl (C=O) groups is 1. The van der Waals surface area contributed by atoms with Gasteiger partial charge in [0.05, 0.1) is 12.3 Å². The molecule has 0 spiro atoms. The molecule has 0 saturated carbocycles. The molecule has 0 aliphatic heterocycles. The molecule has 0 fully saturated rings. The van der Waals surface area contributed by atoms with Gasteiger partial charge in [-0.3, -0.25) is 4.79 Å². The monoisotopic (exact) mass is 297 g/mol. The first-order valence-electron chi connectivity index (χ1n) is 5.57. The highest BCUT2D eigenvalue weighted by atomic mass is 35.5. The number of anilines is 1. The summed E-state index contributed by atoms with van der Waals surface area (Å²) >= 11 is 7.11. The first-order chi connectivity index (χ1) is 9.13. The highest BCUT2D eigenvalue weighted by Gasteiger charge is 2.07. The molecule has 0 bridgehead atoms. The van der Waals surface area contributed by atoms with Gasteiger partial charge in [-0.15, -0.1) is 10.2 Å². The zero-order valence-electron chi connectivity index (χ0n) is 10.2. The van der Waals surface area contributed by atoms with Gasteiger partial charge in [0.25, 0.3) is 5.22 Å². The molecule has 0 radical (unpaired) electrons. The number of halogens is 1. The molecule has 1 N–H and O–H groups in total. The first kappa shape index (κ1) is 13.9. The molecule has 7 heteroatoms. The predicted molar refractivity (Wildman–Crippen MR) is 74.5 cm³/mol. The van der Waals surface area contributed by atoms with Crippen LogP contribution in [0.25, 0.3) is 0 Å². The van der Waals surface area contributed by atoms with E-state index in [2.05, 4.69) is 15.5 Å². The van der Waals surface area contributed by atoms with E-state index in [0.717, 1.165) is 5.69 Å². The van der Waals surface area contributed by atoms with E-state index in [4.69, 9.17) is 16.0 Å². The number of Topliss-reactive ketones (excluding diaryl/α,β-unsaturated/α-hetero) is 1. The number of nitrogens with zero attached hydrogens (tertiary/aromatic N) is 2. The van der Waals surface area contributed by atoms with E-state index in [1.807, 2.05) is 18.2 Å². The van der Waals surface area contributed by atoms with Crippen molar-refractivity contribution in [3.05, 3.63) is 35.2 Å². The summed E-state index contributed by atoms with van der Waals surface area (Å²) in [5.41, 5.74) is 0.878. The lowest BCUT2D eigenvalue weighted by atomic mass is 10.3. The second-order valence-corrected chi connectivity index (χ2v) is 5.18. The van der Waals surface area contributed by atoms with Gasteiger partial charge in [0.2, 0.25) is 5.89 Å². The molecule has 0 amide bonds. The van der Waals surface area contributed by atoms with Crippen LogP contribution in [0.2, 0.25) is 5.02 Å². The van der Waals surface area contributed by atoms with Crippen LogP contribution in [0.15, 0.2) is 33.9 Å². The number of benzene rings is 1. The second-order valence-electron chi connectivity index (χ2n) is 3.82. The van der Waals surface area contributed by atoms with E-state index < -0.39 is 0 Å². The van der Waals surface area contributed by atoms with Crippen LogP contribution in [0, 0.1) is 0 Å².